The molecule has 3 aromatic carbocycles. The monoisotopic (exact) mass is 700 g/mol. The van der Waals surface area contributed by atoms with E-state index >= 15 is 0 Å². The number of hydrogen-bond acceptors (Lipinski definition) is 8. The van der Waals surface area contributed by atoms with Crippen LogP contribution in [-0.4, -0.2) is 102 Å². The smallest absolute Gasteiger partial charge is 0.335 e. The maximum atomic E-state index is 13.5. The van der Waals surface area contributed by atoms with Crippen molar-refractivity contribution in [3.63, 3.8) is 0 Å². The molecule has 0 N–H and O–H groups in total. The van der Waals surface area contributed by atoms with Gasteiger partial charge in [0.15, 0.2) is 0 Å². The van der Waals surface area contributed by atoms with Crippen molar-refractivity contribution in [3.05, 3.63) is 108 Å². The predicted molar refractivity (Wildman–Crippen MR) is 195 cm³/mol. The predicted octanol–water partition coefficient (Wildman–Crippen LogP) is 5.12. The molecule has 266 valence electrons. The van der Waals surface area contributed by atoms with Gasteiger partial charge in [-0.3, -0.25) is 19.2 Å². The molecule has 0 unspecified atom stereocenters. The third-order valence-corrected chi connectivity index (χ3v) is 10.5. The Balaban J connectivity index is 1.39. The molecule has 0 aromatic heterocycles. The summed E-state index contributed by atoms with van der Waals surface area (Å²) in [6, 6.07) is 30.4. The standard InChI is InChI=1S/C39H48N4O6S/c1-40(2)26-27-41(3)38(48)33(29-37(47)49-43-35(45)24-25-36(43)46)42(4)34(44)23-15-8-16-28-50-39(30-17-9-5-10-18-30,31-19-11-6-12-20-31)32-21-13-7-14-22-32/h5-7,9-14,17-22,33H,8,15-16,23-29H2,1-4H3/t33-/m0/s1. The zero-order chi connectivity index (χ0) is 36.1. The van der Waals surface area contributed by atoms with Gasteiger partial charge < -0.3 is 19.5 Å². The summed E-state index contributed by atoms with van der Waals surface area (Å²) in [5.41, 5.74) is 3.59. The number of amides is 4. The van der Waals surface area contributed by atoms with Gasteiger partial charge in [-0.1, -0.05) is 97.4 Å². The van der Waals surface area contributed by atoms with Crippen LogP contribution >= 0.6 is 11.8 Å². The van der Waals surface area contributed by atoms with Gasteiger partial charge >= 0.3 is 5.97 Å². The first kappa shape index (κ1) is 38.3. The fourth-order valence-corrected chi connectivity index (χ4v) is 7.52. The number of rotatable bonds is 18. The summed E-state index contributed by atoms with van der Waals surface area (Å²) in [5.74, 6) is -1.99. The number of carbonyl (C=O) groups is 5. The second kappa shape index (κ2) is 18.5. The quantitative estimate of drug-likeness (QED) is 0.102. The second-order valence-corrected chi connectivity index (χ2v) is 14.1. The Morgan fingerprint density at radius 1 is 0.740 bits per heavy atom. The molecule has 0 aliphatic carbocycles. The van der Waals surface area contributed by atoms with E-state index in [-0.39, 0.29) is 25.2 Å². The first-order valence-corrected chi connectivity index (χ1v) is 18.1. The number of benzene rings is 3. The van der Waals surface area contributed by atoms with Crippen LogP contribution in [0.25, 0.3) is 0 Å². The van der Waals surface area contributed by atoms with Crippen molar-refractivity contribution in [2.45, 2.75) is 55.7 Å². The van der Waals surface area contributed by atoms with E-state index in [1.165, 1.54) is 33.5 Å². The van der Waals surface area contributed by atoms with E-state index < -0.39 is 40.9 Å². The summed E-state index contributed by atoms with van der Waals surface area (Å²) in [5, 5.41) is 0.460. The molecule has 1 aliphatic rings. The van der Waals surface area contributed by atoms with E-state index in [9.17, 15) is 24.0 Å². The number of thioether (sulfide) groups is 1. The van der Waals surface area contributed by atoms with Gasteiger partial charge in [-0.2, -0.15) is 0 Å². The van der Waals surface area contributed by atoms with Crippen molar-refractivity contribution < 1.29 is 28.8 Å². The largest absolute Gasteiger partial charge is 0.343 e. The van der Waals surface area contributed by atoms with Gasteiger partial charge in [0.05, 0.1) is 11.2 Å². The van der Waals surface area contributed by atoms with E-state index in [4.69, 9.17) is 4.84 Å². The highest BCUT2D eigenvalue weighted by Crippen LogP contribution is 2.48. The summed E-state index contributed by atoms with van der Waals surface area (Å²) >= 11 is 1.88. The summed E-state index contributed by atoms with van der Waals surface area (Å²) < 4.78 is -0.412. The van der Waals surface area contributed by atoms with Crippen LogP contribution in [0.1, 0.15) is 61.6 Å². The van der Waals surface area contributed by atoms with Crippen LogP contribution in [0.5, 0.6) is 0 Å². The molecule has 10 nitrogen and oxygen atoms in total. The molecule has 11 heteroatoms. The van der Waals surface area contributed by atoms with Crippen molar-refractivity contribution in [1.29, 1.82) is 0 Å². The van der Waals surface area contributed by atoms with Gasteiger partial charge in [0, 0.05) is 46.4 Å². The Morgan fingerprint density at radius 2 is 1.24 bits per heavy atom. The molecule has 3 aromatic rings. The molecule has 50 heavy (non-hydrogen) atoms. The van der Waals surface area contributed by atoms with Crippen molar-refractivity contribution in [2.24, 2.45) is 0 Å². The van der Waals surface area contributed by atoms with Crippen LogP contribution < -0.4 is 0 Å². The van der Waals surface area contributed by atoms with Crippen molar-refractivity contribution in [2.75, 3.05) is 47.0 Å². The summed E-state index contributed by atoms with van der Waals surface area (Å²) in [6.07, 6.45) is 1.92. The number of likely N-dealkylation sites (N-methyl/N-ethyl adjacent to an activating group) is 3. The molecule has 0 bridgehead atoms. The molecule has 0 radical (unpaired) electrons. The van der Waals surface area contributed by atoms with Crippen LogP contribution in [0.2, 0.25) is 0 Å². The van der Waals surface area contributed by atoms with Crippen LogP contribution in [0.3, 0.4) is 0 Å². The summed E-state index contributed by atoms with van der Waals surface area (Å²) in [6.45, 7) is 0.975. The Hall–Kier alpha value is -4.48. The highest BCUT2D eigenvalue weighted by atomic mass is 32.2. The molecule has 1 heterocycles. The topological polar surface area (TPSA) is 108 Å². The third kappa shape index (κ3) is 9.82. The maximum absolute atomic E-state index is 13.5. The van der Waals surface area contributed by atoms with E-state index in [0.717, 1.165) is 18.6 Å². The average molecular weight is 701 g/mol. The van der Waals surface area contributed by atoms with Crippen molar-refractivity contribution in [1.82, 2.24) is 19.8 Å². The number of unbranched alkanes of at least 4 members (excludes halogenated alkanes) is 2. The average Bonchev–Trinajstić information content (AvgIpc) is 3.45. The molecule has 1 aliphatic heterocycles. The lowest BCUT2D eigenvalue weighted by molar-refractivity contribution is -0.198. The van der Waals surface area contributed by atoms with Gasteiger partial charge in [-0.15, -0.1) is 16.8 Å². The number of hydroxylamine groups is 2. The van der Waals surface area contributed by atoms with E-state index in [0.29, 0.717) is 24.6 Å². The van der Waals surface area contributed by atoms with E-state index in [1.54, 1.807) is 7.05 Å². The molecule has 1 fully saturated rings. The Labute approximate surface area is 299 Å². The lowest BCUT2D eigenvalue weighted by atomic mass is 9.84. The number of carbonyl (C=O) groups excluding carboxylic acids is 5. The summed E-state index contributed by atoms with van der Waals surface area (Å²) in [7, 11) is 6.90. The second-order valence-electron chi connectivity index (χ2n) is 12.8. The number of imide groups is 1. The lowest BCUT2D eigenvalue weighted by Gasteiger charge is -2.35. The normalized spacial score (nSPS) is 13.7. The minimum Gasteiger partial charge on any atom is -0.343 e. The van der Waals surface area contributed by atoms with Gasteiger partial charge in [0.1, 0.15) is 6.04 Å². The van der Waals surface area contributed by atoms with Crippen molar-refractivity contribution >= 4 is 41.4 Å². The Bertz CT molecular complexity index is 1480. The molecular formula is C39H48N4O6S. The molecule has 0 saturated carbocycles. The fraction of sp³-hybridized carbons (Fsp3) is 0.410. The van der Waals surface area contributed by atoms with Gasteiger partial charge in [0.25, 0.3) is 11.8 Å². The maximum Gasteiger partial charge on any atom is 0.335 e. The number of nitrogens with zero attached hydrogens (tertiary/aromatic N) is 4. The lowest BCUT2D eigenvalue weighted by Crippen LogP contribution is -2.50. The zero-order valence-electron chi connectivity index (χ0n) is 29.5. The minimum atomic E-state index is -1.14. The van der Waals surface area contributed by atoms with Crippen LogP contribution in [0.4, 0.5) is 0 Å². The molecule has 1 saturated heterocycles. The molecule has 4 amide bonds. The number of hydrogen-bond donors (Lipinski definition) is 0. The van der Waals surface area contributed by atoms with Gasteiger partial charge in [-0.25, -0.2) is 4.79 Å². The molecule has 1 atom stereocenters. The van der Waals surface area contributed by atoms with Gasteiger partial charge in [0.2, 0.25) is 11.8 Å². The SMILES string of the molecule is CN(C)CCN(C)C(=O)[C@H](CC(=O)ON1C(=O)CCC1=O)N(C)C(=O)CCCCCSC(c1ccccc1)(c1ccccc1)c1ccccc1. The van der Waals surface area contributed by atoms with Crippen LogP contribution in [0, 0.1) is 0 Å². The fourth-order valence-electron chi connectivity index (χ4n) is 5.96. The highest BCUT2D eigenvalue weighted by molar-refractivity contribution is 8.00. The van der Waals surface area contributed by atoms with Crippen LogP contribution in [0.15, 0.2) is 91.0 Å². The molecular weight excluding hydrogens is 653 g/mol. The first-order valence-electron chi connectivity index (χ1n) is 17.1. The Morgan fingerprint density at radius 3 is 1.72 bits per heavy atom. The Kier molecular flexibility index (Phi) is 14.2. The van der Waals surface area contributed by atoms with E-state index in [2.05, 4.69) is 72.8 Å². The highest BCUT2D eigenvalue weighted by Gasteiger charge is 2.38. The van der Waals surface area contributed by atoms with Crippen LogP contribution in [-0.2, 0) is 33.6 Å². The summed E-state index contributed by atoms with van der Waals surface area (Å²) in [4.78, 5) is 73.5. The minimum absolute atomic E-state index is 0.0373. The van der Waals surface area contributed by atoms with E-state index in [1.807, 2.05) is 49.0 Å². The van der Waals surface area contributed by atoms with Gasteiger partial charge in [-0.05, 0) is 49.4 Å². The zero-order valence-corrected chi connectivity index (χ0v) is 30.3. The molecule has 4 rings (SSSR count). The molecule has 0 spiro atoms. The first-order chi connectivity index (χ1) is 24.0. The van der Waals surface area contributed by atoms with Crippen molar-refractivity contribution in [3.8, 4) is 0 Å². The third-order valence-electron chi connectivity index (χ3n) is 8.86.